The van der Waals surface area contributed by atoms with Crippen LogP contribution >= 0.6 is 15.9 Å². The van der Waals surface area contributed by atoms with Crippen LogP contribution in [-0.4, -0.2) is 9.55 Å². The third kappa shape index (κ3) is 5.05. The van der Waals surface area contributed by atoms with Gasteiger partial charge in [0.2, 0.25) is 0 Å². The molecule has 0 fully saturated rings. The van der Waals surface area contributed by atoms with Crippen LogP contribution in [0.1, 0.15) is 97.3 Å². The van der Waals surface area contributed by atoms with E-state index in [1.54, 1.807) is 0 Å². The van der Waals surface area contributed by atoms with E-state index in [-0.39, 0.29) is 17.5 Å². The van der Waals surface area contributed by atoms with E-state index in [2.05, 4.69) is 78.3 Å². The Morgan fingerprint density at radius 1 is 1.19 bits per heavy atom. The molecule has 1 heterocycles. The van der Waals surface area contributed by atoms with Crippen molar-refractivity contribution in [3.05, 3.63) is 62.1 Å². The van der Waals surface area contributed by atoms with Gasteiger partial charge >= 0.3 is 0 Å². The zero-order valence-corrected chi connectivity index (χ0v) is 21.3. The summed E-state index contributed by atoms with van der Waals surface area (Å²) in [7, 11) is 0. The first kappa shape index (κ1) is 24.0. The highest BCUT2D eigenvalue weighted by molar-refractivity contribution is 9.10. The highest BCUT2D eigenvalue weighted by Gasteiger charge is 2.26. The first-order valence-electron chi connectivity index (χ1n) is 12.0. The molecule has 1 aromatic carbocycles. The fraction of sp³-hybridized carbons (Fsp3) is 0.556. The highest BCUT2D eigenvalue weighted by atomic mass is 79.9. The van der Waals surface area contributed by atoms with Gasteiger partial charge in [-0.25, -0.2) is 0 Å². The van der Waals surface area contributed by atoms with Crippen molar-refractivity contribution in [1.29, 1.82) is 0 Å². The van der Waals surface area contributed by atoms with Crippen molar-refractivity contribution in [3.63, 3.8) is 0 Å². The lowest BCUT2D eigenvalue weighted by atomic mass is 9.83. The summed E-state index contributed by atoms with van der Waals surface area (Å²) in [6, 6.07) is 6.23. The van der Waals surface area contributed by atoms with Crippen LogP contribution in [0, 0.1) is 5.92 Å². The summed E-state index contributed by atoms with van der Waals surface area (Å²) < 4.78 is 3.17. The Hall–Kier alpha value is -1.68. The van der Waals surface area contributed by atoms with Crippen LogP contribution in [0.2, 0.25) is 0 Å². The molecule has 1 aromatic heterocycles. The van der Waals surface area contributed by atoms with Crippen molar-refractivity contribution >= 4 is 26.8 Å². The molecule has 0 spiro atoms. The van der Waals surface area contributed by atoms with E-state index in [0.29, 0.717) is 11.3 Å². The number of fused-ring (bicyclic) bond motifs is 1. The van der Waals surface area contributed by atoms with Gasteiger partial charge in [0.25, 0.3) is 5.56 Å². The minimum absolute atomic E-state index is 0.134. The Morgan fingerprint density at radius 2 is 1.97 bits per heavy atom. The third-order valence-corrected chi connectivity index (χ3v) is 7.47. The van der Waals surface area contributed by atoms with E-state index in [4.69, 9.17) is 0 Å². The molecule has 3 unspecified atom stereocenters. The Kier molecular flexibility index (Phi) is 8.32. The van der Waals surface area contributed by atoms with Crippen molar-refractivity contribution in [2.24, 2.45) is 5.92 Å². The van der Waals surface area contributed by atoms with Gasteiger partial charge in [-0.05, 0) is 77.7 Å². The fourth-order valence-electron chi connectivity index (χ4n) is 4.84. The molecule has 2 aromatic rings. The topological polar surface area (TPSA) is 34.9 Å². The molecule has 1 aliphatic rings. The molecular formula is C27H37BrN2O. The van der Waals surface area contributed by atoms with Gasteiger partial charge in [0.05, 0.1) is 16.9 Å². The molecule has 4 heteroatoms. The Labute approximate surface area is 195 Å². The molecule has 0 aliphatic heterocycles. The summed E-state index contributed by atoms with van der Waals surface area (Å²) in [6.45, 7) is 11.2. The highest BCUT2D eigenvalue weighted by Crippen LogP contribution is 2.38. The molecular weight excluding hydrogens is 448 g/mol. The smallest absolute Gasteiger partial charge is 0.281 e. The van der Waals surface area contributed by atoms with E-state index in [1.807, 2.05) is 12.1 Å². The second kappa shape index (κ2) is 10.8. The summed E-state index contributed by atoms with van der Waals surface area (Å²) in [6.07, 6.45) is 13.1. The summed E-state index contributed by atoms with van der Waals surface area (Å²) >= 11 is 3.59. The van der Waals surface area contributed by atoms with Crippen LogP contribution in [0.3, 0.4) is 0 Å². The molecule has 1 aliphatic carbocycles. The first-order chi connectivity index (χ1) is 14.9. The van der Waals surface area contributed by atoms with Crippen molar-refractivity contribution in [2.45, 2.75) is 91.5 Å². The normalized spacial score (nSPS) is 18.6. The molecule has 3 rings (SSSR count). The third-order valence-electron chi connectivity index (χ3n) is 6.80. The predicted octanol–water partition coefficient (Wildman–Crippen LogP) is 8.10. The van der Waals surface area contributed by atoms with E-state index in [0.717, 1.165) is 28.7 Å². The van der Waals surface area contributed by atoms with E-state index in [1.165, 1.54) is 43.3 Å². The number of hydrogen-bond donors (Lipinski definition) is 0. The number of unbranched alkanes of at least 4 members (excludes halogenated alkanes) is 1. The molecule has 0 saturated carbocycles. The molecule has 0 bridgehead atoms. The van der Waals surface area contributed by atoms with Gasteiger partial charge in [-0.15, -0.1) is 0 Å². The Morgan fingerprint density at radius 3 is 2.61 bits per heavy atom. The SMILES string of the molecule is CCCCC(CCC)C1=CCC(n2c(C(C)CC)nc(=O)c3c(Br)cccc32)C(C)=C1. The lowest BCUT2D eigenvalue weighted by Gasteiger charge is -2.31. The van der Waals surface area contributed by atoms with Crippen LogP contribution in [0.25, 0.3) is 10.9 Å². The van der Waals surface area contributed by atoms with Crippen LogP contribution in [0.15, 0.2) is 50.8 Å². The second-order valence-electron chi connectivity index (χ2n) is 9.06. The van der Waals surface area contributed by atoms with Gasteiger partial charge in [-0.3, -0.25) is 4.79 Å². The summed E-state index contributed by atoms with van der Waals surface area (Å²) in [5, 5.41) is 0.684. The minimum atomic E-state index is -0.134. The summed E-state index contributed by atoms with van der Waals surface area (Å²) in [4.78, 5) is 17.5. The molecule has 3 nitrogen and oxygen atoms in total. The summed E-state index contributed by atoms with van der Waals surface area (Å²) in [5.41, 5.74) is 3.72. The number of halogens is 1. The number of allylic oxidation sites excluding steroid dienone is 4. The van der Waals surface area contributed by atoms with Crippen molar-refractivity contribution in [1.82, 2.24) is 9.55 Å². The molecule has 3 atom stereocenters. The molecule has 31 heavy (non-hydrogen) atoms. The Bertz CT molecular complexity index is 1030. The lowest BCUT2D eigenvalue weighted by Crippen LogP contribution is -2.25. The maximum atomic E-state index is 12.9. The van der Waals surface area contributed by atoms with Crippen LogP contribution < -0.4 is 5.56 Å². The van der Waals surface area contributed by atoms with E-state index >= 15 is 0 Å². The van der Waals surface area contributed by atoms with Crippen LogP contribution in [0.5, 0.6) is 0 Å². The van der Waals surface area contributed by atoms with E-state index < -0.39 is 0 Å². The van der Waals surface area contributed by atoms with Crippen LogP contribution in [-0.2, 0) is 0 Å². The van der Waals surface area contributed by atoms with Gasteiger partial charge in [-0.2, -0.15) is 4.98 Å². The van der Waals surface area contributed by atoms with E-state index in [9.17, 15) is 4.79 Å². The summed E-state index contributed by atoms with van der Waals surface area (Å²) in [5.74, 6) is 1.79. The number of benzene rings is 1. The van der Waals surface area contributed by atoms with Crippen molar-refractivity contribution < 1.29 is 0 Å². The zero-order valence-electron chi connectivity index (χ0n) is 19.7. The average molecular weight is 486 g/mol. The molecule has 0 amide bonds. The fourth-order valence-corrected chi connectivity index (χ4v) is 5.37. The minimum Gasteiger partial charge on any atom is -0.321 e. The van der Waals surface area contributed by atoms with Gasteiger partial charge in [0.1, 0.15) is 5.82 Å². The maximum Gasteiger partial charge on any atom is 0.281 e. The van der Waals surface area contributed by atoms with Crippen LogP contribution in [0.4, 0.5) is 0 Å². The van der Waals surface area contributed by atoms with Gasteiger partial charge in [-0.1, -0.05) is 65.2 Å². The Balaban J connectivity index is 2.09. The number of nitrogens with zero attached hydrogens (tertiary/aromatic N) is 2. The maximum absolute atomic E-state index is 12.9. The molecule has 168 valence electrons. The molecule has 0 radical (unpaired) electrons. The number of rotatable bonds is 9. The number of hydrogen-bond acceptors (Lipinski definition) is 2. The van der Waals surface area contributed by atoms with Gasteiger partial charge in [0, 0.05) is 10.4 Å². The predicted molar refractivity (Wildman–Crippen MR) is 136 cm³/mol. The molecule has 0 N–H and O–H groups in total. The molecule has 0 saturated heterocycles. The van der Waals surface area contributed by atoms with Gasteiger partial charge in [0.15, 0.2) is 0 Å². The first-order valence-corrected chi connectivity index (χ1v) is 12.8. The van der Waals surface area contributed by atoms with Crippen molar-refractivity contribution in [3.8, 4) is 0 Å². The quantitative estimate of drug-likeness (QED) is 0.360. The lowest BCUT2D eigenvalue weighted by molar-refractivity contribution is 0.477. The average Bonchev–Trinajstić information content (AvgIpc) is 2.76. The second-order valence-corrected chi connectivity index (χ2v) is 9.91. The largest absolute Gasteiger partial charge is 0.321 e. The van der Waals surface area contributed by atoms with Crippen molar-refractivity contribution in [2.75, 3.05) is 0 Å². The number of aromatic nitrogens is 2. The zero-order chi connectivity index (χ0) is 22.5. The monoisotopic (exact) mass is 484 g/mol. The standard InChI is InChI=1S/C27H37BrN2O/c1-6-9-12-20(11-7-2)21-15-16-23(19(5)17-21)30-24-14-10-13-22(28)25(24)27(31)29-26(30)18(4)8-3/h10,13-15,17-18,20,23H,6-9,11-12,16H2,1-5H3. The van der Waals surface area contributed by atoms with Gasteiger partial charge < -0.3 is 4.57 Å².